The Balaban J connectivity index is 1.71. The maximum Gasteiger partial charge on any atom is 0.230 e. The summed E-state index contributed by atoms with van der Waals surface area (Å²) in [7, 11) is 0. The molecule has 2 aliphatic heterocycles. The van der Waals surface area contributed by atoms with E-state index in [2.05, 4.69) is 55.4 Å². The van der Waals surface area contributed by atoms with E-state index in [1.54, 1.807) is 0 Å². The predicted octanol–water partition coefficient (Wildman–Crippen LogP) is 5.82. The highest BCUT2D eigenvalue weighted by Gasteiger charge is 2.32. The Morgan fingerprint density at radius 3 is 2.71 bits per heavy atom. The van der Waals surface area contributed by atoms with Gasteiger partial charge in [0.1, 0.15) is 11.7 Å². The van der Waals surface area contributed by atoms with E-state index in [-0.39, 0.29) is 17.7 Å². The average Bonchev–Trinajstić information content (AvgIpc) is 3.00. The number of aryl methyl sites for hydroxylation is 2. The highest BCUT2D eigenvalue weighted by molar-refractivity contribution is 5.96. The minimum absolute atomic E-state index is 0.0298. The Kier molecular flexibility index (Phi) is 8.05. The first-order chi connectivity index (χ1) is 14.9. The SMILES string of the molecule is C=C/C(F)=C\N=C(C(C)CC)N1CCC(C(=O)N2CCCCc3cc(C)ccc32)CC1. The van der Waals surface area contributed by atoms with Gasteiger partial charge < -0.3 is 9.80 Å². The highest BCUT2D eigenvalue weighted by atomic mass is 19.1. The number of carbonyl (C=O) groups excluding carboxylic acids is 1. The molecule has 1 atom stereocenters. The average molecular weight is 426 g/mol. The molecule has 0 radical (unpaired) electrons. The molecule has 0 spiro atoms. The first-order valence-electron chi connectivity index (χ1n) is 11.7. The normalized spacial score (nSPS) is 19.6. The van der Waals surface area contributed by atoms with E-state index in [0.29, 0.717) is 0 Å². The van der Waals surface area contributed by atoms with E-state index < -0.39 is 5.83 Å². The Labute approximate surface area is 186 Å². The summed E-state index contributed by atoms with van der Waals surface area (Å²) in [6.07, 6.45) is 8.19. The van der Waals surface area contributed by atoms with Gasteiger partial charge in [0.2, 0.25) is 5.91 Å². The van der Waals surface area contributed by atoms with Gasteiger partial charge in [0.25, 0.3) is 0 Å². The largest absolute Gasteiger partial charge is 0.360 e. The van der Waals surface area contributed by atoms with Crippen molar-refractivity contribution in [2.45, 2.75) is 59.3 Å². The zero-order chi connectivity index (χ0) is 22.4. The zero-order valence-electron chi connectivity index (χ0n) is 19.2. The number of rotatable bonds is 5. The minimum Gasteiger partial charge on any atom is -0.360 e. The number of carbonyl (C=O) groups is 1. The van der Waals surface area contributed by atoms with Crippen LogP contribution in [0.5, 0.6) is 0 Å². The van der Waals surface area contributed by atoms with E-state index in [0.717, 1.165) is 69.7 Å². The molecule has 4 nitrogen and oxygen atoms in total. The number of piperidine rings is 1. The molecular formula is C26H36FN3O. The van der Waals surface area contributed by atoms with Crippen molar-refractivity contribution in [3.8, 4) is 0 Å². The van der Waals surface area contributed by atoms with Crippen molar-refractivity contribution in [3.05, 3.63) is 54.0 Å². The van der Waals surface area contributed by atoms with Crippen molar-refractivity contribution in [3.63, 3.8) is 0 Å². The van der Waals surface area contributed by atoms with E-state index in [1.807, 2.05) is 4.90 Å². The fourth-order valence-corrected chi connectivity index (χ4v) is 4.57. The van der Waals surface area contributed by atoms with Crippen LogP contribution in [0, 0.1) is 18.8 Å². The molecule has 0 saturated carbocycles. The second kappa shape index (κ2) is 10.7. The van der Waals surface area contributed by atoms with Gasteiger partial charge in [0.05, 0.1) is 6.20 Å². The molecule has 0 aliphatic carbocycles. The molecule has 2 aliphatic rings. The summed E-state index contributed by atoms with van der Waals surface area (Å²) in [4.78, 5) is 22.2. The third kappa shape index (κ3) is 5.63. The van der Waals surface area contributed by atoms with Crippen LogP contribution in [-0.4, -0.2) is 36.3 Å². The van der Waals surface area contributed by atoms with Gasteiger partial charge in [-0.2, -0.15) is 0 Å². The topological polar surface area (TPSA) is 35.9 Å². The van der Waals surface area contributed by atoms with Crippen LogP contribution < -0.4 is 4.90 Å². The number of nitrogens with zero attached hydrogens (tertiary/aromatic N) is 3. The molecule has 1 unspecified atom stereocenters. The van der Waals surface area contributed by atoms with Crippen LogP contribution in [0.1, 0.15) is 57.1 Å². The third-order valence-electron chi connectivity index (χ3n) is 6.61. The lowest BCUT2D eigenvalue weighted by molar-refractivity contribution is -0.123. The number of fused-ring (bicyclic) bond motifs is 1. The lowest BCUT2D eigenvalue weighted by atomic mass is 9.93. The van der Waals surface area contributed by atoms with Crippen LogP contribution >= 0.6 is 0 Å². The van der Waals surface area contributed by atoms with Crippen molar-refractivity contribution in [2.75, 3.05) is 24.5 Å². The maximum absolute atomic E-state index is 13.5. The zero-order valence-corrected chi connectivity index (χ0v) is 19.2. The quantitative estimate of drug-likeness (QED) is 0.339. The maximum atomic E-state index is 13.5. The second-order valence-electron chi connectivity index (χ2n) is 8.86. The Morgan fingerprint density at radius 2 is 2.03 bits per heavy atom. The third-order valence-corrected chi connectivity index (χ3v) is 6.61. The Morgan fingerprint density at radius 1 is 1.29 bits per heavy atom. The minimum atomic E-state index is -0.430. The molecule has 168 valence electrons. The van der Waals surface area contributed by atoms with Gasteiger partial charge in [-0.15, -0.1) is 0 Å². The van der Waals surface area contributed by atoms with Gasteiger partial charge in [0.15, 0.2) is 0 Å². The number of likely N-dealkylation sites (tertiary alicyclic amines) is 1. The van der Waals surface area contributed by atoms with E-state index >= 15 is 0 Å². The summed E-state index contributed by atoms with van der Waals surface area (Å²) in [5, 5.41) is 0. The predicted molar refractivity (Wildman–Crippen MR) is 127 cm³/mol. The molecule has 1 fully saturated rings. The highest BCUT2D eigenvalue weighted by Crippen LogP contribution is 2.31. The van der Waals surface area contributed by atoms with Crippen LogP contribution in [0.2, 0.25) is 0 Å². The van der Waals surface area contributed by atoms with Crippen LogP contribution in [0.15, 0.2) is 47.9 Å². The molecule has 1 aromatic carbocycles. The number of hydrogen-bond acceptors (Lipinski definition) is 2. The molecule has 1 saturated heterocycles. The van der Waals surface area contributed by atoms with Gasteiger partial charge in [-0.25, -0.2) is 9.38 Å². The number of halogens is 1. The van der Waals surface area contributed by atoms with Gasteiger partial charge >= 0.3 is 0 Å². The summed E-state index contributed by atoms with van der Waals surface area (Å²) >= 11 is 0. The molecule has 3 rings (SSSR count). The molecule has 5 heteroatoms. The lowest BCUT2D eigenvalue weighted by Crippen LogP contribution is -2.46. The number of amidine groups is 1. The molecule has 31 heavy (non-hydrogen) atoms. The van der Waals surface area contributed by atoms with Crippen molar-refractivity contribution in [1.82, 2.24) is 4.90 Å². The standard InChI is InChI=1S/C26H36FN3O/c1-5-20(4)25(28-18-23(27)6-2)29-15-12-21(13-16-29)26(31)30-14-8-7-9-22-17-19(3)10-11-24(22)30/h6,10-11,17-18,20-21H,2,5,7-9,12-16H2,1,3-4H3/b23-18+,28-25?. The summed E-state index contributed by atoms with van der Waals surface area (Å²) in [6, 6.07) is 6.46. The number of amides is 1. The molecular weight excluding hydrogens is 389 g/mol. The van der Waals surface area contributed by atoms with Crippen molar-refractivity contribution < 1.29 is 9.18 Å². The van der Waals surface area contributed by atoms with Crippen LogP contribution in [0.4, 0.5) is 10.1 Å². The number of anilines is 1. The Hall–Kier alpha value is -2.43. The van der Waals surface area contributed by atoms with Crippen molar-refractivity contribution in [1.29, 1.82) is 0 Å². The van der Waals surface area contributed by atoms with E-state index in [9.17, 15) is 9.18 Å². The van der Waals surface area contributed by atoms with Gasteiger partial charge in [-0.3, -0.25) is 4.79 Å². The van der Waals surface area contributed by atoms with E-state index in [1.165, 1.54) is 23.4 Å². The number of hydrogen-bond donors (Lipinski definition) is 0. The Bertz CT molecular complexity index is 852. The number of allylic oxidation sites excluding steroid dienone is 2. The summed E-state index contributed by atoms with van der Waals surface area (Å²) in [5.41, 5.74) is 3.65. The van der Waals surface area contributed by atoms with E-state index in [4.69, 9.17) is 0 Å². The number of aliphatic imine (C=N–C) groups is 1. The fraction of sp³-hybridized carbons (Fsp3) is 0.538. The molecule has 0 N–H and O–H groups in total. The summed E-state index contributed by atoms with van der Waals surface area (Å²) < 4.78 is 13.5. The fourth-order valence-electron chi connectivity index (χ4n) is 4.57. The van der Waals surface area contributed by atoms with Crippen LogP contribution in [0.25, 0.3) is 0 Å². The van der Waals surface area contributed by atoms with Crippen molar-refractivity contribution in [2.24, 2.45) is 16.8 Å². The van der Waals surface area contributed by atoms with Crippen molar-refractivity contribution >= 4 is 17.4 Å². The monoisotopic (exact) mass is 425 g/mol. The molecule has 2 heterocycles. The molecule has 1 amide bonds. The first kappa shape index (κ1) is 23.2. The molecule has 1 aromatic rings. The van der Waals surface area contributed by atoms with Crippen LogP contribution in [-0.2, 0) is 11.2 Å². The molecule has 0 bridgehead atoms. The van der Waals surface area contributed by atoms with Gasteiger partial charge in [-0.1, -0.05) is 38.1 Å². The lowest BCUT2D eigenvalue weighted by Gasteiger charge is -2.37. The summed E-state index contributed by atoms with van der Waals surface area (Å²) in [6.45, 7) is 12.1. The number of benzene rings is 1. The van der Waals surface area contributed by atoms with Gasteiger partial charge in [-0.05, 0) is 63.2 Å². The summed E-state index contributed by atoms with van der Waals surface area (Å²) in [5.74, 6) is 0.997. The first-order valence-corrected chi connectivity index (χ1v) is 11.7. The smallest absolute Gasteiger partial charge is 0.230 e. The van der Waals surface area contributed by atoms with Crippen LogP contribution in [0.3, 0.4) is 0 Å². The second-order valence-corrected chi connectivity index (χ2v) is 8.86. The molecule has 0 aromatic heterocycles. The van der Waals surface area contributed by atoms with Gasteiger partial charge in [0, 0.05) is 37.2 Å².